The highest BCUT2D eigenvalue weighted by atomic mass is 35.5. The van der Waals surface area contributed by atoms with Gasteiger partial charge < -0.3 is 5.73 Å². The zero-order chi connectivity index (χ0) is 14.8. The molecule has 0 saturated heterocycles. The van der Waals surface area contributed by atoms with E-state index in [1.807, 2.05) is 55.5 Å². The second kappa shape index (κ2) is 6.73. The molecule has 5 heteroatoms. The molecule has 3 aromatic rings. The maximum absolute atomic E-state index is 12.3. The average Bonchev–Trinajstić information content (AvgIpc) is 2.56. The summed E-state index contributed by atoms with van der Waals surface area (Å²) < 4.78 is 1.51. The van der Waals surface area contributed by atoms with Crippen molar-refractivity contribution in [2.24, 2.45) is 5.73 Å². The van der Waals surface area contributed by atoms with E-state index in [0.717, 1.165) is 22.2 Å². The standard InChI is InChI=1S/C17H17N3O.ClH/c1-2-20-17(21)15-6-4-3-5-14(15)16(19-20)13-9-7-12(11-18)8-10-13;/h3-10H,2,11,18H2,1H3;1H. The lowest BCUT2D eigenvalue weighted by molar-refractivity contribution is 0.626. The number of aromatic nitrogens is 2. The average molecular weight is 316 g/mol. The molecule has 2 N–H and O–H groups in total. The van der Waals surface area contributed by atoms with E-state index in [4.69, 9.17) is 5.73 Å². The van der Waals surface area contributed by atoms with Gasteiger partial charge in [0.15, 0.2) is 0 Å². The lowest BCUT2D eigenvalue weighted by Gasteiger charge is -2.10. The fraction of sp³-hybridized carbons (Fsp3) is 0.176. The van der Waals surface area contributed by atoms with Crippen molar-refractivity contribution in [3.8, 4) is 11.3 Å². The highest BCUT2D eigenvalue weighted by Crippen LogP contribution is 2.24. The summed E-state index contributed by atoms with van der Waals surface area (Å²) in [5, 5.41) is 6.10. The summed E-state index contributed by atoms with van der Waals surface area (Å²) in [6.07, 6.45) is 0. The Kier molecular flexibility index (Phi) is 4.96. The van der Waals surface area contributed by atoms with Crippen molar-refractivity contribution in [1.82, 2.24) is 9.78 Å². The number of nitrogens with two attached hydrogens (primary N) is 1. The minimum Gasteiger partial charge on any atom is -0.326 e. The van der Waals surface area contributed by atoms with Crippen LogP contribution in [0.2, 0.25) is 0 Å². The first-order valence-corrected chi connectivity index (χ1v) is 7.04. The highest BCUT2D eigenvalue weighted by molar-refractivity contribution is 5.93. The van der Waals surface area contributed by atoms with E-state index in [9.17, 15) is 4.79 Å². The van der Waals surface area contributed by atoms with Crippen LogP contribution in [0.4, 0.5) is 0 Å². The van der Waals surface area contributed by atoms with Crippen LogP contribution in [-0.4, -0.2) is 9.78 Å². The summed E-state index contributed by atoms with van der Waals surface area (Å²) in [5.41, 5.74) is 8.48. The van der Waals surface area contributed by atoms with Gasteiger partial charge in [0.25, 0.3) is 5.56 Å². The minimum absolute atomic E-state index is 0. The molecule has 0 aliphatic heterocycles. The number of nitrogens with zero attached hydrogens (tertiary/aromatic N) is 2. The minimum atomic E-state index is -0.0459. The molecule has 114 valence electrons. The number of fused-ring (bicyclic) bond motifs is 1. The molecular formula is C17H18ClN3O. The van der Waals surface area contributed by atoms with E-state index in [1.165, 1.54) is 4.68 Å². The third kappa shape index (κ3) is 2.75. The Morgan fingerprint density at radius 1 is 1.05 bits per heavy atom. The van der Waals surface area contributed by atoms with Crippen molar-refractivity contribution < 1.29 is 0 Å². The predicted octanol–water partition coefficient (Wildman–Crippen LogP) is 2.96. The summed E-state index contributed by atoms with van der Waals surface area (Å²) in [6.45, 7) is 2.99. The van der Waals surface area contributed by atoms with Crippen LogP contribution in [0.3, 0.4) is 0 Å². The van der Waals surface area contributed by atoms with Crippen molar-refractivity contribution in [3.63, 3.8) is 0 Å². The first-order valence-electron chi connectivity index (χ1n) is 7.04. The third-order valence-corrected chi connectivity index (χ3v) is 3.63. The number of halogens is 1. The largest absolute Gasteiger partial charge is 0.326 e. The van der Waals surface area contributed by atoms with Gasteiger partial charge in [-0.05, 0) is 18.6 Å². The van der Waals surface area contributed by atoms with E-state index in [1.54, 1.807) is 0 Å². The van der Waals surface area contributed by atoms with Crippen LogP contribution in [0, 0.1) is 0 Å². The Morgan fingerprint density at radius 2 is 1.68 bits per heavy atom. The van der Waals surface area contributed by atoms with Gasteiger partial charge in [-0.2, -0.15) is 5.10 Å². The zero-order valence-corrected chi connectivity index (χ0v) is 13.1. The molecule has 0 aliphatic carbocycles. The monoisotopic (exact) mass is 315 g/mol. The molecule has 1 aromatic heterocycles. The van der Waals surface area contributed by atoms with Crippen LogP contribution in [0.25, 0.3) is 22.0 Å². The topological polar surface area (TPSA) is 60.9 Å². The molecule has 0 radical (unpaired) electrons. The van der Waals surface area contributed by atoms with Gasteiger partial charge in [0.2, 0.25) is 0 Å². The SMILES string of the molecule is CCn1nc(-c2ccc(CN)cc2)c2ccccc2c1=O.Cl. The summed E-state index contributed by atoms with van der Waals surface area (Å²) in [7, 11) is 0. The number of hydrogen-bond donors (Lipinski definition) is 1. The predicted molar refractivity (Wildman–Crippen MR) is 92.3 cm³/mol. The number of rotatable bonds is 3. The Hall–Kier alpha value is -2.17. The molecule has 1 heterocycles. The smallest absolute Gasteiger partial charge is 0.274 e. The van der Waals surface area contributed by atoms with Crippen molar-refractivity contribution in [1.29, 1.82) is 0 Å². The normalized spacial score (nSPS) is 10.5. The zero-order valence-electron chi connectivity index (χ0n) is 12.3. The molecule has 0 unspecified atom stereocenters. The van der Waals surface area contributed by atoms with Crippen LogP contribution in [-0.2, 0) is 13.1 Å². The van der Waals surface area contributed by atoms with E-state index >= 15 is 0 Å². The quantitative estimate of drug-likeness (QED) is 0.808. The molecule has 22 heavy (non-hydrogen) atoms. The van der Waals surface area contributed by atoms with Crippen LogP contribution in [0.15, 0.2) is 53.3 Å². The van der Waals surface area contributed by atoms with E-state index in [2.05, 4.69) is 5.10 Å². The molecule has 0 bridgehead atoms. The Morgan fingerprint density at radius 3 is 2.27 bits per heavy atom. The molecule has 0 saturated carbocycles. The fourth-order valence-electron chi connectivity index (χ4n) is 2.46. The van der Waals surface area contributed by atoms with E-state index < -0.39 is 0 Å². The van der Waals surface area contributed by atoms with Gasteiger partial charge in [0.1, 0.15) is 0 Å². The number of hydrogen-bond acceptors (Lipinski definition) is 3. The summed E-state index contributed by atoms with van der Waals surface area (Å²) in [5.74, 6) is 0. The Balaban J connectivity index is 0.00000176. The number of aryl methyl sites for hydroxylation is 1. The first-order chi connectivity index (χ1) is 10.2. The van der Waals surface area contributed by atoms with Gasteiger partial charge in [-0.15, -0.1) is 12.4 Å². The Labute approximate surface area is 135 Å². The van der Waals surface area contributed by atoms with Gasteiger partial charge in [0.05, 0.1) is 11.1 Å². The maximum atomic E-state index is 12.3. The lowest BCUT2D eigenvalue weighted by atomic mass is 10.0. The third-order valence-electron chi connectivity index (χ3n) is 3.63. The summed E-state index contributed by atoms with van der Waals surface area (Å²) in [4.78, 5) is 12.3. The molecule has 2 aromatic carbocycles. The van der Waals surface area contributed by atoms with Crippen LogP contribution < -0.4 is 11.3 Å². The summed E-state index contributed by atoms with van der Waals surface area (Å²) >= 11 is 0. The van der Waals surface area contributed by atoms with Gasteiger partial charge in [0, 0.05) is 24.0 Å². The fourth-order valence-corrected chi connectivity index (χ4v) is 2.46. The molecule has 4 nitrogen and oxygen atoms in total. The van der Waals surface area contributed by atoms with Crippen LogP contribution >= 0.6 is 12.4 Å². The second-order valence-electron chi connectivity index (χ2n) is 4.92. The molecular weight excluding hydrogens is 298 g/mol. The highest BCUT2D eigenvalue weighted by Gasteiger charge is 2.11. The molecule has 0 fully saturated rings. The maximum Gasteiger partial charge on any atom is 0.274 e. The molecule has 3 rings (SSSR count). The van der Waals surface area contributed by atoms with Gasteiger partial charge in [-0.25, -0.2) is 4.68 Å². The van der Waals surface area contributed by atoms with Crippen molar-refractivity contribution >= 4 is 23.2 Å². The van der Waals surface area contributed by atoms with Gasteiger partial charge >= 0.3 is 0 Å². The lowest BCUT2D eigenvalue weighted by Crippen LogP contribution is -2.22. The molecule has 0 spiro atoms. The molecule has 0 aliphatic rings. The van der Waals surface area contributed by atoms with E-state index in [-0.39, 0.29) is 18.0 Å². The Bertz CT molecular complexity index is 841. The van der Waals surface area contributed by atoms with Crippen molar-refractivity contribution in [3.05, 3.63) is 64.4 Å². The van der Waals surface area contributed by atoms with E-state index in [0.29, 0.717) is 18.5 Å². The van der Waals surface area contributed by atoms with Crippen LogP contribution in [0.5, 0.6) is 0 Å². The van der Waals surface area contributed by atoms with Gasteiger partial charge in [-0.3, -0.25) is 4.79 Å². The second-order valence-corrected chi connectivity index (χ2v) is 4.92. The van der Waals surface area contributed by atoms with Crippen molar-refractivity contribution in [2.75, 3.05) is 0 Å². The molecule has 0 amide bonds. The first kappa shape index (κ1) is 16.2. The van der Waals surface area contributed by atoms with Gasteiger partial charge in [-0.1, -0.05) is 42.5 Å². The van der Waals surface area contributed by atoms with Crippen molar-refractivity contribution in [2.45, 2.75) is 20.0 Å². The number of benzene rings is 2. The molecule has 0 atom stereocenters. The summed E-state index contributed by atoms with van der Waals surface area (Å²) in [6, 6.07) is 15.6. The van der Waals surface area contributed by atoms with Crippen LogP contribution in [0.1, 0.15) is 12.5 Å².